The summed E-state index contributed by atoms with van der Waals surface area (Å²) in [7, 11) is 0. The Hall–Kier alpha value is -1.97. The summed E-state index contributed by atoms with van der Waals surface area (Å²) in [6, 6.07) is 13.6. The van der Waals surface area contributed by atoms with Crippen LogP contribution >= 0.6 is 23.2 Å². The summed E-state index contributed by atoms with van der Waals surface area (Å²) in [4.78, 5) is 18.0. The second kappa shape index (κ2) is 6.74. The maximum atomic E-state index is 12.9. The fraction of sp³-hybridized carbons (Fsp3) is 0.250. The number of hydrogen-bond acceptors (Lipinski definition) is 1. The van der Waals surface area contributed by atoms with E-state index in [9.17, 15) is 4.79 Å². The van der Waals surface area contributed by atoms with Gasteiger partial charge in [0.05, 0.1) is 5.56 Å². The molecule has 4 rings (SSSR count). The summed E-state index contributed by atoms with van der Waals surface area (Å²) in [5.74, 6) is 0.544. The molecule has 5 heteroatoms. The summed E-state index contributed by atoms with van der Waals surface area (Å²) in [5, 5.41) is 2.36. The highest BCUT2D eigenvalue weighted by molar-refractivity contribution is 6.31. The van der Waals surface area contributed by atoms with Gasteiger partial charge >= 0.3 is 0 Å². The third kappa shape index (κ3) is 3.26. The van der Waals surface area contributed by atoms with Crippen LogP contribution in [0.25, 0.3) is 10.9 Å². The number of fused-ring (bicyclic) bond motifs is 1. The van der Waals surface area contributed by atoms with Crippen molar-refractivity contribution in [2.45, 2.75) is 18.8 Å². The lowest BCUT2D eigenvalue weighted by Crippen LogP contribution is -2.37. The number of aromatic amines is 1. The van der Waals surface area contributed by atoms with Crippen molar-refractivity contribution >= 4 is 40.0 Å². The van der Waals surface area contributed by atoms with Crippen molar-refractivity contribution in [3.05, 3.63) is 69.8 Å². The van der Waals surface area contributed by atoms with E-state index in [1.165, 1.54) is 5.56 Å². The lowest BCUT2D eigenvalue weighted by molar-refractivity contribution is 0.0715. The number of carbonyl (C=O) groups is 1. The molecule has 1 aromatic heterocycles. The number of carbonyl (C=O) groups excluding carboxylic acids is 1. The average Bonchev–Trinajstić information content (AvgIpc) is 3.04. The van der Waals surface area contributed by atoms with Crippen LogP contribution in [0.1, 0.15) is 34.7 Å². The molecular formula is C20H18Cl2N2O. The first-order valence-electron chi connectivity index (χ1n) is 8.43. The molecule has 0 bridgehead atoms. The molecule has 1 amide bonds. The van der Waals surface area contributed by atoms with E-state index in [-0.39, 0.29) is 5.91 Å². The van der Waals surface area contributed by atoms with Crippen molar-refractivity contribution < 1.29 is 4.79 Å². The summed E-state index contributed by atoms with van der Waals surface area (Å²) in [6.45, 7) is 1.52. The molecule has 1 fully saturated rings. The summed E-state index contributed by atoms with van der Waals surface area (Å²) in [6.07, 6.45) is 3.70. The molecule has 1 aliphatic rings. The Morgan fingerprint density at radius 1 is 1.04 bits per heavy atom. The molecule has 0 unspecified atom stereocenters. The molecule has 2 heterocycles. The van der Waals surface area contributed by atoms with Gasteiger partial charge in [0.2, 0.25) is 0 Å². The first-order chi connectivity index (χ1) is 12.1. The summed E-state index contributed by atoms with van der Waals surface area (Å²) >= 11 is 12.1. The maximum Gasteiger partial charge on any atom is 0.256 e. The van der Waals surface area contributed by atoms with Gasteiger partial charge in [-0.15, -0.1) is 0 Å². The molecule has 3 aromatic rings. The molecule has 1 aliphatic heterocycles. The fourth-order valence-corrected chi connectivity index (χ4v) is 3.99. The van der Waals surface area contributed by atoms with Crippen LogP contribution in [-0.2, 0) is 0 Å². The van der Waals surface area contributed by atoms with Crippen molar-refractivity contribution in [3.63, 3.8) is 0 Å². The van der Waals surface area contributed by atoms with E-state index in [1.807, 2.05) is 41.3 Å². The Morgan fingerprint density at radius 3 is 2.56 bits per heavy atom. The monoisotopic (exact) mass is 372 g/mol. The smallest absolute Gasteiger partial charge is 0.256 e. The van der Waals surface area contributed by atoms with Gasteiger partial charge in [-0.25, -0.2) is 0 Å². The Bertz CT molecular complexity index is 926. The molecule has 0 saturated carbocycles. The van der Waals surface area contributed by atoms with Crippen LogP contribution in [0.2, 0.25) is 10.0 Å². The van der Waals surface area contributed by atoms with Gasteiger partial charge in [0.15, 0.2) is 0 Å². The van der Waals surface area contributed by atoms with Crippen LogP contribution in [0.4, 0.5) is 0 Å². The van der Waals surface area contributed by atoms with E-state index in [4.69, 9.17) is 23.2 Å². The molecule has 128 valence electrons. The number of halogens is 2. The highest BCUT2D eigenvalue weighted by Crippen LogP contribution is 2.31. The molecule has 3 nitrogen and oxygen atoms in total. The molecule has 1 N–H and O–H groups in total. The predicted octanol–water partition coefficient (Wildman–Crippen LogP) is 5.49. The van der Waals surface area contributed by atoms with Gasteiger partial charge in [0, 0.05) is 40.2 Å². The first-order valence-corrected chi connectivity index (χ1v) is 9.19. The number of aromatic nitrogens is 1. The molecule has 0 radical (unpaired) electrons. The Morgan fingerprint density at radius 2 is 1.80 bits per heavy atom. The third-order valence-corrected chi connectivity index (χ3v) is 5.45. The van der Waals surface area contributed by atoms with Gasteiger partial charge in [-0.05, 0) is 48.6 Å². The van der Waals surface area contributed by atoms with E-state index in [0.29, 0.717) is 16.5 Å². The van der Waals surface area contributed by atoms with Crippen molar-refractivity contribution in [2.24, 2.45) is 0 Å². The number of amides is 1. The minimum absolute atomic E-state index is 0.0816. The summed E-state index contributed by atoms with van der Waals surface area (Å²) < 4.78 is 0. The second-order valence-corrected chi connectivity index (χ2v) is 7.39. The van der Waals surface area contributed by atoms with Crippen LogP contribution in [-0.4, -0.2) is 28.9 Å². The van der Waals surface area contributed by atoms with Crippen LogP contribution < -0.4 is 0 Å². The zero-order valence-electron chi connectivity index (χ0n) is 13.6. The number of nitrogens with zero attached hydrogens (tertiary/aromatic N) is 1. The van der Waals surface area contributed by atoms with Gasteiger partial charge in [-0.1, -0.05) is 41.4 Å². The molecular weight excluding hydrogens is 355 g/mol. The Labute approximate surface area is 156 Å². The van der Waals surface area contributed by atoms with E-state index in [2.05, 4.69) is 11.1 Å². The minimum atomic E-state index is 0.0816. The van der Waals surface area contributed by atoms with Crippen molar-refractivity contribution in [3.8, 4) is 0 Å². The fourth-order valence-electron chi connectivity index (χ4n) is 3.62. The van der Waals surface area contributed by atoms with Crippen LogP contribution in [0.5, 0.6) is 0 Å². The lowest BCUT2D eigenvalue weighted by Gasteiger charge is -2.32. The van der Waals surface area contributed by atoms with Crippen molar-refractivity contribution in [1.29, 1.82) is 0 Å². The van der Waals surface area contributed by atoms with Crippen LogP contribution in [0, 0.1) is 0 Å². The molecule has 0 aliphatic carbocycles. The van der Waals surface area contributed by atoms with Crippen LogP contribution in [0.15, 0.2) is 48.7 Å². The van der Waals surface area contributed by atoms with Gasteiger partial charge in [0.25, 0.3) is 5.91 Å². The number of piperidine rings is 1. The topological polar surface area (TPSA) is 36.1 Å². The van der Waals surface area contributed by atoms with E-state index in [1.54, 1.807) is 6.20 Å². The molecule has 0 spiro atoms. The van der Waals surface area contributed by atoms with Gasteiger partial charge in [-0.3, -0.25) is 4.79 Å². The highest BCUT2D eigenvalue weighted by atomic mass is 35.5. The largest absolute Gasteiger partial charge is 0.360 e. The predicted molar refractivity (Wildman–Crippen MR) is 103 cm³/mol. The lowest BCUT2D eigenvalue weighted by atomic mass is 9.89. The highest BCUT2D eigenvalue weighted by Gasteiger charge is 2.26. The molecule has 25 heavy (non-hydrogen) atoms. The van der Waals surface area contributed by atoms with E-state index < -0.39 is 0 Å². The minimum Gasteiger partial charge on any atom is -0.360 e. The average molecular weight is 373 g/mol. The Kier molecular flexibility index (Phi) is 4.45. The Balaban J connectivity index is 1.49. The van der Waals surface area contributed by atoms with Gasteiger partial charge in [-0.2, -0.15) is 0 Å². The third-order valence-electron chi connectivity index (χ3n) is 4.98. The first kappa shape index (κ1) is 16.5. The zero-order valence-corrected chi connectivity index (χ0v) is 15.1. The molecule has 2 aromatic carbocycles. The maximum absolute atomic E-state index is 12.9. The van der Waals surface area contributed by atoms with E-state index >= 15 is 0 Å². The van der Waals surface area contributed by atoms with Gasteiger partial charge in [0.1, 0.15) is 0 Å². The zero-order chi connectivity index (χ0) is 17.4. The van der Waals surface area contributed by atoms with Crippen molar-refractivity contribution in [2.75, 3.05) is 13.1 Å². The summed E-state index contributed by atoms with van der Waals surface area (Å²) in [5.41, 5.74) is 2.87. The molecule has 0 atom stereocenters. The number of hydrogen-bond donors (Lipinski definition) is 1. The number of likely N-dealkylation sites (tertiary alicyclic amines) is 1. The number of nitrogens with one attached hydrogen (secondary N) is 1. The SMILES string of the molecule is O=C(c1c[nH]c2cc(Cl)ccc12)N1CCC(c2cccc(Cl)c2)CC1. The van der Waals surface area contributed by atoms with Gasteiger partial charge < -0.3 is 9.88 Å². The van der Waals surface area contributed by atoms with Crippen LogP contribution in [0.3, 0.4) is 0 Å². The quantitative estimate of drug-likeness (QED) is 0.633. The number of benzene rings is 2. The molecule has 1 saturated heterocycles. The van der Waals surface area contributed by atoms with E-state index in [0.717, 1.165) is 41.9 Å². The normalized spacial score (nSPS) is 15.7. The number of rotatable bonds is 2. The second-order valence-electron chi connectivity index (χ2n) is 6.51. The standard InChI is InChI=1S/C20H18Cl2N2O/c21-15-3-1-2-14(10-15)13-6-8-24(9-7-13)20(25)18-12-23-19-11-16(22)4-5-17(18)19/h1-5,10-13,23H,6-9H2. The van der Waals surface area contributed by atoms with Crippen molar-refractivity contribution in [1.82, 2.24) is 9.88 Å². The number of H-pyrrole nitrogens is 1.